The van der Waals surface area contributed by atoms with E-state index in [2.05, 4.69) is 10.1 Å². The van der Waals surface area contributed by atoms with Gasteiger partial charge < -0.3 is 15.2 Å². The maximum atomic E-state index is 14.0. The summed E-state index contributed by atoms with van der Waals surface area (Å²) in [6.07, 6.45) is -8.68. The van der Waals surface area contributed by atoms with Crippen LogP contribution in [0.4, 0.5) is 31.1 Å². The fourth-order valence-corrected chi connectivity index (χ4v) is 6.94. The van der Waals surface area contributed by atoms with E-state index < -0.39 is 34.2 Å². The Morgan fingerprint density at radius 1 is 0.840 bits per heavy atom. The highest BCUT2D eigenvalue weighted by molar-refractivity contribution is 6.61. The van der Waals surface area contributed by atoms with Gasteiger partial charge in [-0.3, -0.25) is 4.90 Å². The third-order valence-corrected chi connectivity index (χ3v) is 8.97. The lowest BCUT2D eigenvalue weighted by Crippen LogP contribution is -2.44. The largest absolute Gasteiger partial charge is 0.434 e. The molecule has 0 aliphatic carbocycles. The van der Waals surface area contributed by atoms with Crippen molar-refractivity contribution in [2.45, 2.75) is 55.1 Å². The first-order valence-electron chi connectivity index (χ1n) is 14.8. The summed E-state index contributed by atoms with van der Waals surface area (Å²) < 4.78 is 85.8. The van der Waals surface area contributed by atoms with Crippen LogP contribution in [-0.2, 0) is 22.1 Å². The number of likely N-dealkylation sites (tertiary alicyclic amines) is 1. The molecule has 2 saturated heterocycles. The minimum absolute atomic E-state index is 0.00000465. The monoisotopic (exact) mass is 830 g/mol. The van der Waals surface area contributed by atoms with E-state index in [9.17, 15) is 31.1 Å². The number of aliphatic hydroxyl groups is 1. The average Bonchev–Trinajstić information content (AvgIpc) is 3.67. The van der Waals surface area contributed by atoms with Crippen LogP contribution < -0.4 is 5.32 Å². The molecule has 2 aliphatic rings. The summed E-state index contributed by atoms with van der Waals surface area (Å²) in [6, 6.07) is 17.8. The Morgan fingerprint density at radius 3 is 1.66 bits per heavy atom. The molecule has 2 heterocycles. The zero-order valence-corrected chi connectivity index (χ0v) is 31.2. The zero-order chi connectivity index (χ0) is 37.9. The van der Waals surface area contributed by atoms with Crippen LogP contribution in [0.5, 0.6) is 0 Å². The molecular weight excluding hydrogens is 799 g/mol. The topological polar surface area (TPSA) is 61.8 Å². The molecule has 3 aromatic carbocycles. The van der Waals surface area contributed by atoms with Gasteiger partial charge in [-0.25, -0.2) is 4.79 Å². The number of nitrogens with one attached hydrogen (secondary N) is 1. The van der Waals surface area contributed by atoms with Crippen molar-refractivity contribution < 1.29 is 41.0 Å². The van der Waals surface area contributed by atoms with E-state index in [-0.39, 0.29) is 57.1 Å². The number of aliphatic hydroxyl groups excluding tert-OH is 1. The molecule has 5 nitrogen and oxygen atoms in total. The molecule has 0 radical (unpaired) electrons. The lowest BCUT2D eigenvalue weighted by atomic mass is 9.79. The first-order valence-corrected chi connectivity index (χ1v) is 17.1. The van der Waals surface area contributed by atoms with E-state index in [1.54, 1.807) is 0 Å². The Bertz CT molecular complexity index is 1490. The number of carbonyl (C=O) groups excluding carboxylic acids is 1. The highest BCUT2D eigenvalue weighted by atomic mass is 35.5. The van der Waals surface area contributed by atoms with Gasteiger partial charge in [-0.05, 0) is 85.9 Å². The van der Waals surface area contributed by atoms with Crippen LogP contribution in [0.25, 0.3) is 0 Å². The number of nitrogens with zero attached hydrogens (tertiary/aromatic N) is 1. The minimum Gasteiger partial charge on any atom is -0.434 e. The molecule has 2 N–H and O–H groups in total. The molecule has 3 aromatic rings. The Hall–Kier alpha value is -1.67. The van der Waals surface area contributed by atoms with Crippen LogP contribution in [0, 0.1) is 0 Å². The van der Waals surface area contributed by atoms with Gasteiger partial charge >= 0.3 is 17.8 Å². The van der Waals surface area contributed by atoms with Crippen molar-refractivity contribution in [3.8, 4) is 0 Å². The lowest BCUT2D eigenvalue weighted by Gasteiger charge is -2.33. The number of alkyl halides is 7. The van der Waals surface area contributed by atoms with Gasteiger partial charge in [0, 0.05) is 58.4 Å². The van der Waals surface area contributed by atoms with Crippen LogP contribution in [0.15, 0.2) is 66.7 Å². The Morgan fingerprint density at radius 2 is 1.30 bits per heavy atom. The maximum Gasteiger partial charge on any atom is 0.405 e. The molecule has 0 aromatic heterocycles. The van der Waals surface area contributed by atoms with Crippen LogP contribution >= 0.6 is 69.6 Å². The van der Waals surface area contributed by atoms with Gasteiger partial charge in [0.2, 0.25) is 0 Å². The predicted octanol–water partition coefficient (Wildman–Crippen LogP) is 11.0. The van der Waals surface area contributed by atoms with Gasteiger partial charge in [0.1, 0.15) is 10.8 Å². The van der Waals surface area contributed by atoms with Crippen LogP contribution in [0.2, 0.25) is 20.1 Å². The normalized spacial score (nSPS) is 21.1. The van der Waals surface area contributed by atoms with Gasteiger partial charge in [-0.1, -0.05) is 88.3 Å². The second kappa shape index (κ2) is 19.4. The van der Waals surface area contributed by atoms with E-state index in [0.717, 1.165) is 12.7 Å². The Kier molecular flexibility index (Phi) is 17.3. The van der Waals surface area contributed by atoms with Gasteiger partial charge in [0.15, 0.2) is 5.56 Å². The van der Waals surface area contributed by atoms with E-state index in [0.29, 0.717) is 19.6 Å². The molecular formula is C33H34Cl6F6N2O3. The second-order valence-corrected chi connectivity index (χ2v) is 13.9. The van der Waals surface area contributed by atoms with Crippen molar-refractivity contribution in [1.82, 2.24) is 10.2 Å². The number of carbonyl (C=O) groups is 1. The summed E-state index contributed by atoms with van der Waals surface area (Å²) in [6.45, 7) is 2.48. The maximum absolute atomic E-state index is 14.0. The molecule has 2 fully saturated rings. The molecule has 0 spiro atoms. The molecule has 5 rings (SSSR count). The smallest absolute Gasteiger partial charge is 0.405 e. The molecule has 17 heteroatoms. The molecule has 2 aliphatic heterocycles. The van der Waals surface area contributed by atoms with Crippen LogP contribution in [0.1, 0.15) is 36.5 Å². The van der Waals surface area contributed by atoms with Gasteiger partial charge in [0.05, 0.1) is 0 Å². The molecule has 278 valence electrons. The highest BCUT2D eigenvalue weighted by Crippen LogP contribution is 2.49. The number of hydrogen-bond donors (Lipinski definition) is 2. The number of halogens is 12. The quantitative estimate of drug-likeness (QED) is 0.152. The van der Waals surface area contributed by atoms with E-state index in [4.69, 9.17) is 74.7 Å². The third-order valence-electron chi connectivity index (χ3n) is 7.92. The van der Waals surface area contributed by atoms with Gasteiger partial charge in [-0.2, -0.15) is 26.3 Å². The fourth-order valence-electron chi connectivity index (χ4n) is 5.63. The van der Waals surface area contributed by atoms with Crippen molar-refractivity contribution in [1.29, 1.82) is 0 Å². The summed E-state index contributed by atoms with van der Waals surface area (Å²) in [4.78, 5) is 11.5. The Balaban J connectivity index is 0.000000290. The van der Waals surface area contributed by atoms with Gasteiger partial charge in [0.25, 0.3) is 0 Å². The molecule has 3 atom stereocenters. The van der Waals surface area contributed by atoms with E-state index in [1.807, 2.05) is 35.2 Å². The highest BCUT2D eigenvalue weighted by Gasteiger charge is 2.59. The summed E-state index contributed by atoms with van der Waals surface area (Å²) >= 11 is 33.3. The number of rotatable bonds is 5. The van der Waals surface area contributed by atoms with E-state index in [1.165, 1.54) is 43.3 Å². The SMILES string of the molecule is CC(Cl)OC(=O)Cl.CO.FC(F)(F)C1(c2cc(Cl)cc(Cl)c2)CCN(Cc2ccccc2)C1.FC(F)(F)C1(c2cc(Cl)cc(Cl)c2)CCNC1. The molecule has 0 saturated carbocycles. The fraction of sp³-hybridized carbons (Fsp3) is 0.424. The van der Waals surface area contributed by atoms with Gasteiger partial charge in [-0.15, -0.1) is 0 Å². The second-order valence-electron chi connectivity index (χ2n) is 11.2. The first kappa shape index (κ1) is 44.5. The molecule has 3 unspecified atom stereocenters. The predicted molar refractivity (Wildman–Crippen MR) is 188 cm³/mol. The van der Waals surface area contributed by atoms with E-state index >= 15 is 0 Å². The standard InChI is InChI=1S/C18H16Cl2F3N.C11H10Cl2F3N.C3H4Cl2O2.CH4O/c19-15-8-14(9-16(20)10-15)17(18(21,22)23)6-7-24(12-17)11-13-4-2-1-3-5-13;12-8-3-7(4-9(13)5-8)10(11(14,15)16)1-2-17-6-10;1-2(4)7-3(5)6;1-2/h1-5,8-10H,6-7,11-12H2;3-5,17H,1-2,6H2;2H,1H3;2H,1H3. The average molecular weight is 833 g/mol. The summed E-state index contributed by atoms with van der Waals surface area (Å²) in [5, 5.41) is 10.7. The molecule has 0 amide bonds. The first-order chi connectivity index (χ1) is 23.3. The summed E-state index contributed by atoms with van der Waals surface area (Å²) in [5.74, 6) is 0. The minimum atomic E-state index is -4.37. The number of hydrogen-bond acceptors (Lipinski definition) is 5. The number of benzene rings is 3. The molecule has 50 heavy (non-hydrogen) atoms. The number of ether oxygens (including phenoxy) is 1. The van der Waals surface area contributed by atoms with Crippen molar-refractivity contribution >= 4 is 75.0 Å². The van der Waals surface area contributed by atoms with Crippen molar-refractivity contribution in [3.63, 3.8) is 0 Å². The lowest BCUT2D eigenvalue weighted by molar-refractivity contribution is -0.187. The molecule has 0 bridgehead atoms. The zero-order valence-electron chi connectivity index (χ0n) is 26.6. The van der Waals surface area contributed by atoms with Crippen LogP contribution in [-0.4, -0.2) is 66.6 Å². The summed E-state index contributed by atoms with van der Waals surface area (Å²) in [5.41, 5.74) is -4.04. The summed E-state index contributed by atoms with van der Waals surface area (Å²) in [7, 11) is 1.00. The third kappa shape index (κ3) is 12.2. The van der Waals surface area contributed by atoms with Crippen LogP contribution in [0.3, 0.4) is 0 Å². The Labute approximate surface area is 316 Å². The van der Waals surface area contributed by atoms with Crippen molar-refractivity contribution in [3.05, 3.63) is 104 Å². The van der Waals surface area contributed by atoms with Crippen molar-refractivity contribution in [2.24, 2.45) is 0 Å². The van der Waals surface area contributed by atoms with Crippen molar-refractivity contribution in [2.75, 3.05) is 33.3 Å².